The van der Waals surface area contributed by atoms with Gasteiger partial charge in [-0.2, -0.15) is 0 Å². The van der Waals surface area contributed by atoms with Crippen LogP contribution in [0.25, 0.3) is 0 Å². The molecule has 3 N–H and O–H groups in total. The summed E-state index contributed by atoms with van der Waals surface area (Å²) >= 11 is 0. The van der Waals surface area contributed by atoms with Crippen molar-refractivity contribution in [3.63, 3.8) is 0 Å². The molecule has 0 aromatic carbocycles. The first kappa shape index (κ1) is 60.3. The highest BCUT2D eigenvalue weighted by Gasteiger charge is 2.24. The molecular weight excluding hydrogens is 779 g/mol. The van der Waals surface area contributed by atoms with Gasteiger partial charge in [0.05, 0.1) is 25.2 Å². The van der Waals surface area contributed by atoms with Crippen molar-refractivity contribution >= 4 is 11.9 Å². The van der Waals surface area contributed by atoms with Crippen LogP contribution < -0.4 is 5.32 Å². The summed E-state index contributed by atoms with van der Waals surface area (Å²) in [5.41, 5.74) is 0. The Labute approximate surface area is 390 Å². The maximum atomic E-state index is 13.2. The number of nitrogens with one attached hydrogen (secondary N) is 1. The molecule has 0 heterocycles. The Morgan fingerprint density at radius 3 is 1.48 bits per heavy atom. The van der Waals surface area contributed by atoms with Gasteiger partial charge in [0.1, 0.15) is 6.10 Å². The van der Waals surface area contributed by atoms with Crippen molar-refractivity contribution in [2.45, 2.75) is 270 Å². The number of unbranched alkanes of at least 4 members (excludes halogenated alkanes) is 25. The first-order valence-corrected chi connectivity index (χ1v) is 26.7. The fraction of sp³-hybridized carbons (Fsp3) is 0.754. The number of carbonyl (C=O) groups is 2. The van der Waals surface area contributed by atoms with Gasteiger partial charge in [-0.15, -0.1) is 0 Å². The lowest BCUT2D eigenvalue weighted by Crippen LogP contribution is -2.46. The Kier molecular flexibility index (Phi) is 48.1. The number of esters is 1. The molecule has 0 aliphatic carbocycles. The summed E-state index contributed by atoms with van der Waals surface area (Å²) < 4.78 is 5.92. The molecule has 0 bridgehead atoms. The Hall–Kier alpha value is -2.70. The molecule has 6 heteroatoms. The summed E-state index contributed by atoms with van der Waals surface area (Å²) in [7, 11) is 0. The molecule has 0 radical (unpaired) electrons. The summed E-state index contributed by atoms with van der Waals surface area (Å²) in [5, 5.41) is 23.8. The highest BCUT2D eigenvalue weighted by atomic mass is 16.5. The van der Waals surface area contributed by atoms with Gasteiger partial charge in [0, 0.05) is 6.42 Å². The molecule has 0 spiro atoms. The average Bonchev–Trinajstić information content (AvgIpc) is 3.28. The van der Waals surface area contributed by atoms with E-state index in [2.05, 4.69) is 99.0 Å². The maximum Gasteiger partial charge on any atom is 0.306 e. The van der Waals surface area contributed by atoms with E-state index in [9.17, 15) is 19.8 Å². The lowest BCUT2D eigenvalue weighted by molar-refractivity contribution is -0.151. The average molecular weight is 880 g/mol. The number of carbonyl (C=O) groups excluding carboxylic acids is 2. The highest BCUT2D eigenvalue weighted by molar-refractivity contribution is 5.77. The van der Waals surface area contributed by atoms with Crippen molar-refractivity contribution in [1.82, 2.24) is 5.32 Å². The molecule has 0 aliphatic rings. The molecule has 0 saturated heterocycles. The lowest BCUT2D eigenvalue weighted by Gasteiger charge is -2.24. The molecule has 0 aromatic rings. The number of aliphatic hydroxyl groups is 2. The second kappa shape index (κ2) is 50.3. The molecule has 0 saturated carbocycles. The van der Waals surface area contributed by atoms with Crippen molar-refractivity contribution in [3.05, 3.63) is 72.9 Å². The smallest absolute Gasteiger partial charge is 0.306 e. The third-order valence-corrected chi connectivity index (χ3v) is 11.8. The Morgan fingerprint density at radius 2 is 0.921 bits per heavy atom. The van der Waals surface area contributed by atoms with Gasteiger partial charge >= 0.3 is 5.97 Å². The second-order valence-corrected chi connectivity index (χ2v) is 18.0. The Balaban J connectivity index is 4.66. The van der Waals surface area contributed by atoms with Gasteiger partial charge in [-0.1, -0.05) is 229 Å². The van der Waals surface area contributed by atoms with E-state index < -0.39 is 18.2 Å². The van der Waals surface area contributed by atoms with Gasteiger partial charge in [-0.3, -0.25) is 9.59 Å². The lowest BCUT2D eigenvalue weighted by atomic mass is 10.0. The van der Waals surface area contributed by atoms with E-state index in [0.29, 0.717) is 19.3 Å². The SMILES string of the molecule is CC/C=C/C=C/C=C/CCCCCCCCCC(=O)OC(CCCC/C=C\C/C=C\C/C=C\CCCCC)CC(=O)NC(CO)C(O)CCCCCCCCCCCCCCCC. The number of ether oxygens (including phenoxy) is 1. The van der Waals surface area contributed by atoms with Gasteiger partial charge in [-0.25, -0.2) is 0 Å². The first-order chi connectivity index (χ1) is 31.0. The van der Waals surface area contributed by atoms with Crippen molar-refractivity contribution in [2.24, 2.45) is 0 Å². The van der Waals surface area contributed by atoms with Crippen LogP contribution in [0.4, 0.5) is 0 Å². The largest absolute Gasteiger partial charge is 0.462 e. The maximum absolute atomic E-state index is 13.2. The zero-order valence-corrected chi connectivity index (χ0v) is 41.4. The van der Waals surface area contributed by atoms with Gasteiger partial charge in [0.25, 0.3) is 0 Å². The quantitative estimate of drug-likeness (QED) is 0.0245. The van der Waals surface area contributed by atoms with Crippen molar-refractivity contribution in [1.29, 1.82) is 0 Å². The van der Waals surface area contributed by atoms with Crippen LogP contribution in [0.15, 0.2) is 72.9 Å². The van der Waals surface area contributed by atoms with Gasteiger partial charge in [0.2, 0.25) is 5.91 Å². The fourth-order valence-electron chi connectivity index (χ4n) is 7.79. The van der Waals surface area contributed by atoms with E-state index in [1.165, 1.54) is 122 Å². The molecule has 6 nitrogen and oxygen atoms in total. The van der Waals surface area contributed by atoms with Crippen LogP contribution in [0.5, 0.6) is 0 Å². The summed E-state index contributed by atoms with van der Waals surface area (Å²) in [6, 6.07) is -0.719. The second-order valence-electron chi connectivity index (χ2n) is 18.0. The first-order valence-electron chi connectivity index (χ1n) is 26.7. The van der Waals surface area contributed by atoms with Gasteiger partial charge in [0.15, 0.2) is 0 Å². The normalized spacial score (nSPS) is 13.8. The predicted molar refractivity (Wildman–Crippen MR) is 273 cm³/mol. The van der Waals surface area contributed by atoms with Crippen molar-refractivity contribution < 1.29 is 24.5 Å². The molecule has 1 amide bonds. The zero-order valence-electron chi connectivity index (χ0n) is 41.4. The van der Waals surface area contributed by atoms with E-state index in [1.807, 2.05) is 0 Å². The van der Waals surface area contributed by atoms with Crippen LogP contribution in [-0.4, -0.2) is 46.9 Å². The zero-order chi connectivity index (χ0) is 45.9. The van der Waals surface area contributed by atoms with Crippen LogP contribution in [0.1, 0.15) is 252 Å². The predicted octanol–water partition coefficient (Wildman–Crippen LogP) is 16.2. The van der Waals surface area contributed by atoms with Gasteiger partial charge in [-0.05, 0) is 83.5 Å². The Morgan fingerprint density at radius 1 is 0.492 bits per heavy atom. The van der Waals surface area contributed by atoms with Crippen LogP contribution in [-0.2, 0) is 14.3 Å². The molecule has 0 aromatic heterocycles. The summed E-state index contributed by atoms with van der Waals surface area (Å²) in [6.07, 6.45) is 63.9. The molecule has 0 aliphatic heterocycles. The van der Waals surface area contributed by atoms with Crippen LogP contribution in [0.2, 0.25) is 0 Å². The number of hydrogen-bond acceptors (Lipinski definition) is 5. The van der Waals surface area contributed by atoms with Crippen molar-refractivity contribution in [2.75, 3.05) is 6.61 Å². The molecule has 3 unspecified atom stereocenters. The Bertz CT molecular complexity index is 1170. The molecule has 0 rings (SSSR count). The molecule has 3 atom stereocenters. The number of rotatable bonds is 47. The minimum atomic E-state index is -0.803. The van der Waals surface area contributed by atoms with E-state index in [-0.39, 0.29) is 24.9 Å². The van der Waals surface area contributed by atoms with Crippen LogP contribution >= 0.6 is 0 Å². The number of amides is 1. The third kappa shape index (κ3) is 45.7. The number of allylic oxidation sites excluding steroid dienone is 12. The number of hydrogen-bond donors (Lipinski definition) is 3. The molecular formula is C57H101NO5. The van der Waals surface area contributed by atoms with Crippen molar-refractivity contribution in [3.8, 4) is 0 Å². The minimum Gasteiger partial charge on any atom is -0.462 e. The molecule has 364 valence electrons. The van der Waals surface area contributed by atoms with E-state index in [0.717, 1.165) is 83.5 Å². The monoisotopic (exact) mass is 880 g/mol. The summed E-state index contributed by atoms with van der Waals surface area (Å²) in [4.78, 5) is 26.2. The fourth-order valence-corrected chi connectivity index (χ4v) is 7.79. The molecule has 63 heavy (non-hydrogen) atoms. The topological polar surface area (TPSA) is 95.9 Å². The highest BCUT2D eigenvalue weighted by Crippen LogP contribution is 2.17. The van der Waals surface area contributed by atoms with E-state index in [4.69, 9.17) is 4.74 Å². The van der Waals surface area contributed by atoms with Crippen LogP contribution in [0, 0.1) is 0 Å². The summed E-state index contributed by atoms with van der Waals surface area (Å²) in [5.74, 6) is -0.525. The van der Waals surface area contributed by atoms with Crippen LogP contribution in [0.3, 0.4) is 0 Å². The minimum absolute atomic E-state index is 0.0445. The van der Waals surface area contributed by atoms with Gasteiger partial charge < -0.3 is 20.3 Å². The number of aliphatic hydroxyl groups excluding tert-OH is 2. The summed E-state index contributed by atoms with van der Waals surface area (Å²) in [6.45, 7) is 6.32. The third-order valence-electron chi connectivity index (χ3n) is 11.8. The van der Waals surface area contributed by atoms with E-state index >= 15 is 0 Å². The van der Waals surface area contributed by atoms with E-state index in [1.54, 1.807) is 0 Å². The standard InChI is InChI=1S/C57H101NO5/c1-4-7-10-13-16-19-22-25-28-30-33-36-39-42-45-48-53(63-57(62)50-47-44-41-38-35-32-29-26-23-20-17-14-11-8-5-2)51-56(61)58-54(52-59)55(60)49-46-43-40-37-34-31-27-24-21-18-15-12-9-6-3/h8,11,14,16-17,19-20,23,25,28,33,36,53-55,59-60H,4-7,9-10,12-13,15,18,21-22,24,26-27,29-32,34-35,37-52H2,1-3H3,(H,58,61)/b11-8+,17-14+,19-16-,23-20+,28-25-,36-33-. The molecule has 0 fully saturated rings.